The number of benzene rings is 3. The molecule has 9 nitrogen and oxygen atoms in total. The molecule has 1 amide bonds. The van der Waals surface area contributed by atoms with Gasteiger partial charge in [-0.25, -0.2) is 4.39 Å². The Morgan fingerprint density at radius 1 is 1.08 bits per heavy atom. The van der Waals surface area contributed by atoms with Gasteiger partial charge < -0.3 is 19.8 Å². The maximum absolute atomic E-state index is 13.3. The maximum atomic E-state index is 13.3. The van der Waals surface area contributed by atoms with E-state index < -0.39 is 34.2 Å². The van der Waals surface area contributed by atoms with Gasteiger partial charge in [0.05, 0.1) is 23.1 Å². The number of non-ortho nitro benzene ring substituents is 1. The summed E-state index contributed by atoms with van der Waals surface area (Å²) in [7, 11) is 0. The second-order valence-electron chi connectivity index (χ2n) is 8.33. The number of halogens is 1. The highest BCUT2D eigenvalue weighted by Crippen LogP contribution is 2.42. The zero-order valence-corrected chi connectivity index (χ0v) is 19.8. The van der Waals surface area contributed by atoms with Gasteiger partial charge in [0.15, 0.2) is 11.5 Å². The number of amides is 1. The first-order valence-electron chi connectivity index (χ1n) is 11.4. The van der Waals surface area contributed by atoms with Crippen LogP contribution in [-0.2, 0) is 16.0 Å². The van der Waals surface area contributed by atoms with Gasteiger partial charge >= 0.3 is 0 Å². The molecule has 0 radical (unpaired) electrons. The number of nitrogens with zero attached hydrogens (tertiary/aromatic N) is 2. The van der Waals surface area contributed by atoms with E-state index in [0.29, 0.717) is 12.0 Å². The molecular weight excluding hydrogens is 483 g/mol. The van der Waals surface area contributed by atoms with Crippen molar-refractivity contribution in [3.05, 3.63) is 105 Å². The number of carbonyl (C=O) groups excluding carboxylic acids is 2. The molecule has 4 rings (SSSR count). The minimum atomic E-state index is -1.03. The number of hydrogen-bond donors (Lipinski definition) is 2. The van der Waals surface area contributed by atoms with Gasteiger partial charge in [-0.1, -0.05) is 18.2 Å². The van der Waals surface area contributed by atoms with Crippen LogP contribution in [0.2, 0.25) is 0 Å². The Hall–Kier alpha value is -4.73. The lowest BCUT2D eigenvalue weighted by Crippen LogP contribution is -2.31. The number of Topliss-reactive ketones (excluding diaryl/α,β-unsaturated/α-hetero) is 1. The van der Waals surface area contributed by atoms with Crippen LogP contribution in [0.5, 0.6) is 11.5 Å². The minimum absolute atomic E-state index is 0.0722. The highest BCUT2D eigenvalue weighted by Gasteiger charge is 2.46. The third-order valence-corrected chi connectivity index (χ3v) is 6.05. The molecular formula is C27H23FN2O7. The normalized spacial score (nSPS) is 16.7. The topological polar surface area (TPSA) is 130 Å². The van der Waals surface area contributed by atoms with Crippen molar-refractivity contribution in [3.63, 3.8) is 0 Å². The Morgan fingerprint density at radius 2 is 1.76 bits per heavy atom. The molecule has 3 aromatic carbocycles. The summed E-state index contributed by atoms with van der Waals surface area (Å²) in [5.41, 5.74) is 0.857. The highest BCUT2D eigenvalue weighted by molar-refractivity contribution is 6.46. The monoisotopic (exact) mass is 506 g/mol. The molecule has 0 saturated carbocycles. The Bertz CT molecular complexity index is 1380. The summed E-state index contributed by atoms with van der Waals surface area (Å²) in [5, 5.41) is 32.3. The molecule has 0 aliphatic carbocycles. The fraction of sp³-hybridized carbons (Fsp3) is 0.185. The number of aliphatic hydroxyl groups excluding tert-OH is 1. The lowest BCUT2D eigenvalue weighted by molar-refractivity contribution is -0.384. The Labute approximate surface area is 211 Å². The lowest BCUT2D eigenvalue weighted by atomic mass is 9.94. The third kappa shape index (κ3) is 5.13. The summed E-state index contributed by atoms with van der Waals surface area (Å²) in [6.45, 7) is 2.06. The van der Waals surface area contributed by atoms with E-state index in [2.05, 4.69) is 0 Å². The van der Waals surface area contributed by atoms with E-state index >= 15 is 0 Å². The van der Waals surface area contributed by atoms with Gasteiger partial charge in [0.1, 0.15) is 11.6 Å². The predicted molar refractivity (Wildman–Crippen MR) is 131 cm³/mol. The molecule has 1 saturated heterocycles. The van der Waals surface area contributed by atoms with Crippen molar-refractivity contribution < 1.29 is 33.9 Å². The Kier molecular flexibility index (Phi) is 7.19. The van der Waals surface area contributed by atoms with Crippen LogP contribution in [0.25, 0.3) is 5.76 Å². The molecule has 0 aromatic heterocycles. The zero-order chi connectivity index (χ0) is 26.7. The van der Waals surface area contributed by atoms with Crippen molar-refractivity contribution in [2.75, 3.05) is 13.2 Å². The largest absolute Gasteiger partial charge is 0.507 e. The summed E-state index contributed by atoms with van der Waals surface area (Å²) in [5.74, 6) is -2.66. The van der Waals surface area contributed by atoms with Crippen molar-refractivity contribution >= 4 is 23.1 Å². The van der Waals surface area contributed by atoms with Crippen LogP contribution < -0.4 is 4.74 Å². The average Bonchev–Trinajstić information content (AvgIpc) is 3.14. The number of aromatic hydroxyl groups is 1. The number of likely N-dealkylation sites (tertiary alicyclic amines) is 1. The van der Waals surface area contributed by atoms with E-state index in [1.807, 2.05) is 0 Å². The van der Waals surface area contributed by atoms with Crippen LogP contribution in [0, 0.1) is 15.9 Å². The van der Waals surface area contributed by atoms with Crippen LogP contribution in [0.15, 0.2) is 72.3 Å². The summed E-state index contributed by atoms with van der Waals surface area (Å²) in [6.07, 6.45) is 0.303. The van der Waals surface area contributed by atoms with Crippen molar-refractivity contribution in [1.29, 1.82) is 0 Å². The van der Waals surface area contributed by atoms with Crippen molar-refractivity contribution in [1.82, 2.24) is 4.90 Å². The summed E-state index contributed by atoms with van der Waals surface area (Å²) in [4.78, 5) is 38.0. The number of aliphatic hydroxyl groups is 1. The number of nitro groups is 1. The van der Waals surface area contributed by atoms with Crippen LogP contribution in [0.1, 0.15) is 29.7 Å². The van der Waals surface area contributed by atoms with Gasteiger partial charge in [-0.05, 0) is 60.9 Å². The van der Waals surface area contributed by atoms with Crippen molar-refractivity contribution in [2.24, 2.45) is 0 Å². The standard InChI is InChI=1S/C27H23FN2O7/c1-2-37-22-15-18(7-12-21(22)31)24-23(25(32)17-5-10-20(11-6-17)30(35)36)26(33)27(34)29(24)14-13-16-3-8-19(28)9-4-16/h3-12,15,24,31-32H,2,13-14H2,1H3/b25-23-. The van der Waals surface area contributed by atoms with Crippen LogP contribution in [-0.4, -0.2) is 44.9 Å². The number of rotatable bonds is 8. The van der Waals surface area contributed by atoms with Crippen molar-refractivity contribution in [2.45, 2.75) is 19.4 Å². The van der Waals surface area contributed by atoms with Gasteiger partial charge in [-0.15, -0.1) is 0 Å². The quantitative estimate of drug-likeness (QED) is 0.151. The van der Waals surface area contributed by atoms with Crippen LogP contribution in [0.4, 0.5) is 10.1 Å². The van der Waals surface area contributed by atoms with Crippen molar-refractivity contribution in [3.8, 4) is 11.5 Å². The van der Waals surface area contributed by atoms with E-state index in [9.17, 15) is 34.3 Å². The van der Waals surface area contributed by atoms with E-state index in [1.165, 1.54) is 59.5 Å². The van der Waals surface area contributed by atoms with E-state index in [0.717, 1.165) is 5.56 Å². The molecule has 1 fully saturated rings. The fourth-order valence-electron chi connectivity index (χ4n) is 4.23. The number of phenolic OH excluding ortho intramolecular Hbond substituents is 1. The van der Waals surface area contributed by atoms with Crippen LogP contribution in [0.3, 0.4) is 0 Å². The summed E-state index contributed by atoms with van der Waals surface area (Å²) >= 11 is 0. The van der Waals surface area contributed by atoms with E-state index in [-0.39, 0.29) is 41.5 Å². The van der Waals surface area contributed by atoms with Crippen LogP contribution >= 0.6 is 0 Å². The summed E-state index contributed by atoms with van der Waals surface area (Å²) < 4.78 is 18.8. The lowest BCUT2D eigenvalue weighted by Gasteiger charge is -2.26. The number of phenols is 1. The van der Waals surface area contributed by atoms with Gasteiger partial charge in [0.2, 0.25) is 0 Å². The van der Waals surface area contributed by atoms with Gasteiger partial charge in [-0.3, -0.25) is 19.7 Å². The molecule has 0 spiro atoms. The molecule has 1 aliphatic heterocycles. The highest BCUT2D eigenvalue weighted by atomic mass is 19.1. The predicted octanol–water partition coefficient (Wildman–Crippen LogP) is 4.50. The molecule has 1 atom stereocenters. The number of hydrogen-bond acceptors (Lipinski definition) is 7. The zero-order valence-electron chi connectivity index (χ0n) is 19.8. The first-order valence-corrected chi connectivity index (χ1v) is 11.4. The molecule has 0 bridgehead atoms. The van der Waals surface area contributed by atoms with E-state index in [1.54, 1.807) is 19.1 Å². The fourth-order valence-corrected chi connectivity index (χ4v) is 4.23. The molecule has 1 heterocycles. The molecule has 10 heteroatoms. The molecule has 190 valence electrons. The Balaban J connectivity index is 1.80. The molecule has 1 aliphatic rings. The van der Waals surface area contributed by atoms with Gasteiger partial charge in [0, 0.05) is 24.2 Å². The second-order valence-corrected chi connectivity index (χ2v) is 8.33. The molecule has 37 heavy (non-hydrogen) atoms. The number of nitro benzene ring substituents is 1. The molecule has 2 N–H and O–H groups in total. The number of carbonyl (C=O) groups is 2. The second kappa shape index (κ2) is 10.5. The van der Waals surface area contributed by atoms with Gasteiger partial charge in [-0.2, -0.15) is 0 Å². The van der Waals surface area contributed by atoms with Gasteiger partial charge in [0.25, 0.3) is 17.4 Å². The maximum Gasteiger partial charge on any atom is 0.295 e. The smallest absolute Gasteiger partial charge is 0.295 e. The number of ether oxygens (including phenoxy) is 1. The van der Waals surface area contributed by atoms with E-state index in [4.69, 9.17) is 4.74 Å². The molecule has 3 aromatic rings. The first-order chi connectivity index (χ1) is 17.7. The summed E-state index contributed by atoms with van der Waals surface area (Å²) in [6, 6.07) is 14.0. The minimum Gasteiger partial charge on any atom is -0.507 e. The average molecular weight is 506 g/mol. The first kappa shape index (κ1) is 25.4. The molecule has 1 unspecified atom stereocenters. The Morgan fingerprint density at radius 3 is 2.38 bits per heavy atom. The SMILES string of the molecule is CCOc1cc(C2/C(=C(/O)c3ccc([N+](=O)[O-])cc3)C(=O)C(=O)N2CCc2ccc(F)cc2)ccc1O. The number of ketones is 1. The third-order valence-electron chi connectivity index (χ3n) is 6.05.